The van der Waals surface area contributed by atoms with Gasteiger partial charge in [-0.3, -0.25) is 9.59 Å². The quantitative estimate of drug-likeness (QED) is 0.152. The average molecular weight is 519 g/mol. The summed E-state index contributed by atoms with van der Waals surface area (Å²) >= 11 is 0. The van der Waals surface area contributed by atoms with E-state index in [1.165, 1.54) is 0 Å². The van der Waals surface area contributed by atoms with E-state index in [4.69, 9.17) is 0 Å². The second-order valence-electron chi connectivity index (χ2n) is 11.8. The Morgan fingerprint density at radius 3 is 2.05 bits per heavy atom. The normalized spacial score (nSPS) is 26.6. The highest BCUT2D eigenvalue weighted by Gasteiger charge is 2.56. The van der Waals surface area contributed by atoms with Crippen molar-refractivity contribution in [1.82, 2.24) is 0 Å². The van der Waals surface area contributed by atoms with E-state index in [1.807, 2.05) is 46.8 Å². The summed E-state index contributed by atoms with van der Waals surface area (Å²) in [6.07, 6.45) is 5.53. The Morgan fingerprint density at radius 1 is 1.00 bits per heavy atom. The van der Waals surface area contributed by atoms with E-state index in [-0.39, 0.29) is 35.7 Å². The number of rotatable bonds is 7. The van der Waals surface area contributed by atoms with Crippen LogP contribution < -0.4 is 0 Å². The van der Waals surface area contributed by atoms with Crippen LogP contribution in [0.1, 0.15) is 79.2 Å². The van der Waals surface area contributed by atoms with Gasteiger partial charge in [0.15, 0.2) is 11.6 Å². The Hall–Kier alpha value is -3.18. The van der Waals surface area contributed by atoms with Crippen LogP contribution in [0, 0.1) is 17.3 Å². The molecule has 0 radical (unpaired) electrons. The van der Waals surface area contributed by atoms with Crippen molar-refractivity contribution in [2.24, 2.45) is 17.3 Å². The molecule has 0 aromatic heterocycles. The minimum atomic E-state index is -1.56. The lowest BCUT2D eigenvalue weighted by Gasteiger charge is -2.45. The highest BCUT2D eigenvalue weighted by molar-refractivity contribution is 6.26. The van der Waals surface area contributed by atoms with Gasteiger partial charge >= 0.3 is 0 Å². The number of Topliss-reactive ketones (excluding diaryl/α,β-unsaturated/α-hetero) is 2. The van der Waals surface area contributed by atoms with Crippen LogP contribution in [0.15, 0.2) is 82.7 Å². The average Bonchev–Trinajstić information content (AvgIpc) is 2.84. The van der Waals surface area contributed by atoms with Gasteiger partial charge in [0.1, 0.15) is 22.5 Å². The first-order valence-corrected chi connectivity index (χ1v) is 13.4. The monoisotopic (exact) mass is 518 g/mol. The van der Waals surface area contributed by atoms with Crippen molar-refractivity contribution >= 4 is 17.3 Å². The van der Waals surface area contributed by atoms with E-state index in [0.29, 0.717) is 18.4 Å². The maximum atomic E-state index is 14.5. The summed E-state index contributed by atoms with van der Waals surface area (Å²) in [7, 11) is 0. The van der Waals surface area contributed by atoms with Crippen LogP contribution in [-0.4, -0.2) is 32.5 Å². The maximum Gasteiger partial charge on any atom is 0.184 e. The van der Waals surface area contributed by atoms with Gasteiger partial charge in [0.05, 0.1) is 5.60 Å². The van der Waals surface area contributed by atoms with Crippen molar-refractivity contribution in [3.63, 3.8) is 0 Å². The van der Waals surface area contributed by atoms with Gasteiger partial charge in [-0.15, -0.1) is 0 Å². The lowest BCUT2D eigenvalue weighted by Crippen LogP contribution is -2.51. The summed E-state index contributed by atoms with van der Waals surface area (Å²) in [6, 6.07) is 8.56. The van der Waals surface area contributed by atoms with Gasteiger partial charge in [-0.2, -0.15) is 0 Å². The Morgan fingerprint density at radius 2 is 1.55 bits per heavy atom. The van der Waals surface area contributed by atoms with Crippen molar-refractivity contribution in [3.8, 4) is 0 Å². The molecular weight excluding hydrogens is 476 g/mol. The Kier molecular flexibility index (Phi) is 8.72. The summed E-state index contributed by atoms with van der Waals surface area (Å²) in [5.74, 6) is -2.65. The highest BCUT2D eigenvalue weighted by Crippen LogP contribution is 2.51. The van der Waals surface area contributed by atoms with Crippen LogP contribution >= 0.6 is 0 Å². The third-order valence-electron chi connectivity index (χ3n) is 8.15. The molecule has 38 heavy (non-hydrogen) atoms. The second-order valence-corrected chi connectivity index (χ2v) is 11.8. The van der Waals surface area contributed by atoms with Gasteiger partial charge in [-0.1, -0.05) is 65.8 Å². The zero-order chi connectivity index (χ0) is 28.4. The second kappa shape index (κ2) is 11.3. The molecule has 1 saturated carbocycles. The fourth-order valence-corrected chi connectivity index (χ4v) is 5.62. The highest BCUT2D eigenvalue weighted by atomic mass is 16.3. The van der Waals surface area contributed by atoms with E-state index in [9.17, 15) is 24.9 Å². The molecule has 3 rings (SSSR count). The first-order chi connectivity index (χ1) is 17.7. The molecule has 0 spiro atoms. The molecule has 5 nitrogen and oxygen atoms in total. The molecule has 2 aliphatic rings. The molecule has 3 atom stereocenters. The van der Waals surface area contributed by atoms with E-state index >= 15 is 0 Å². The van der Waals surface area contributed by atoms with E-state index in [0.717, 1.165) is 23.1 Å². The minimum absolute atomic E-state index is 0.0299. The third kappa shape index (κ3) is 5.63. The topological polar surface area (TPSA) is 94.8 Å². The Balaban J connectivity index is 2.39. The molecule has 2 aliphatic carbocycles. The molecule has 0 aliphatic heterocycles. The smallest absolute Gasteiger partial charge is 0.184 e. The molecule has 3 N–H and O–H groups in total. The van der Waals surface area contributed by atoms with Crippen LogP contribution in [-0.2, 0) is 9.59 Å². The number of hydrogen-bond acceptors (Lipinski definition) is 5. The number of carbonyl (C=O) groups is 2. The Bertz CT molecular complexity index is 1210. The Labute approximate surface area is 227 Å². The molecule has 0 saturated heterocycles. The predicted molar refractivity (Wildman–Crippen MR) is 152 cm³/mol. The third-order valence-corrected chi connectivity index (χ3v) is 8.15. The number of hydrogen-bond donors (Lipinski definition) is 3. The zero-order valence-corrected chi connectivity index (χ0v) is 23.6. The summed E-state index contributed by atoms with van der Waals surface area (Å²) in [5.41, 5.74) is 0.154. The number of aliphatic hydroxyl groups excluding tert-OH is 2. The number of ketones is 2. The first kappa shape index (κ1) is 29.4. The van der Waals surface area contributed by atoms with Crippen LogP contribution in [0.3, 0.4) is 0 Å². The summed E-state index contributed by atoms with van der Waals surface area (Å²) in [6.45, 7) is 15.3. The predicted octanol–water partition coefficient (Wildman–Crippen LogP) is 7.36. The van der Waals surface area contributed by atoms with Crippen LogP contribution in [0.2, 0.25) is 0 Å². The molecule has 5 heteroatoms. The van der Waals surface area contributed by atoms with Crippen molar-refractivity contribution in [3.05, 3.63) is 88.3 Å². The summed E-state index contributed by atoms with van der Waals surface area (Å²) in [4.78, 5) is 28.8. The molecule has 204 valence electrons. The van der Waals surface area contributed by atoms with Crippen molar-refractivity contribution in [1.29, 1.82) is 0 Å². The molecule has 0 bridgehead atoms. The lowest BCUT2D eigenvalue weighted by molar-refractivity contribution is -0.139. The van der Waals surface area contributed by atoms with Crippen molar-refractivity contribution in [2.45, 2.75) is 79.2 Å². The van der Waals surface area contributed by atoms with Gasteiger partial charge in [0.25, 0.3) is 0 Å². The van der Waals surface area contributed by atoms with Gasteiger partial charge in [-0.25, -0.2) is 0 Å². The largest absolute Gasteiger partial charge is 0.507 e. The van der Waals surface area contributed by atoms with Crippen LogP contribution in [0.25, 0.3) is 5.76 Å². The summed E-state index contributed by atoms with van der Waals surface area (Å²) < 4.78 is 0. The lowest BCUT2D eigenvalue weighted by atomic mass is 9.58. The van der Waals surface area contributed by atoms with Crippen molar-refractivity contribution < 1.29 is 24.9 Å². The molecule has 1 aromatic rings. The van der Waals surface area contributed by atoms with E-state index in [1.54, 1.807) is 37.3 Å². The van der Waals surface area contributed by atoms with Gasteiger partial charge < -0.3 is 15.3 Å². The van der Waals surface area contributed by atoms with Gasteiger partial charge in [0, 0.05) is 17.1 Å². The molecule has 0 amide bonds. The van der Waals surface area contributed by atoms with Crippen LogP contribution in [0.4, 0.5) is 0 Å². The van der Waals surface area contributed by atoms with Gasteiger partial charge in [0.2, 0.25) is 0 Å². The standard InChI is InChI=1S/C33H42O5/c1-20(2)13-17-33(18-14-21(3)4)30(36)26(25-19-24(22(5)6)15-16-32(25,7)38)29(35)27(31(33)37)28(34)23-11-9-8-10-12-23/h8-14,24-25,34-35,38H,5,15-19H2,1-4,6-7H3/b28-27-/t24-,25+,32+/m0/s1. The molecule has 1 fully saturated rings. The van der Waals surface area contributed by atoms with E-state index in [2.05, 4.69) is 6.58 Å². The zero-order valence-electron chi connectivity index (χ0n) is 23.6. The number of allylic oxidation sites excluding steroid dienone is 6. The maximum absolute atomic E-state index is 14.5. The summed E-state index contributed by atoms with van der Waals surface area (Å²) in [5, 5.41) is 34.6. The molecule has 0 heterocycles. The SMILES string of the molecule is C=C(C)[C@H]1CC[C@@](C)(O)[C@@H](C2=C(O)/C(=C(/O)c3ccccc3)C(=O)C(CC=C(C)C)(CC=C(C)C)C2=O)C1. The molecular formula is C33H42O5. The number of carbonyl (C=O) groups excluding carboxylic acids is 2. The molecule has 0 unspecified atom stereocenters. The number of benzene rings is 1. The minimum Gasteiger partial charge on any atom is -0.507 e. The fraction of sp³-hybridized carbons (Fsp3) is 0.455. The molecule has 1 aromatic carbocycles. The fourth-order valence-electron chi connectivity index (χ4n) is 5.62. The number of aliphatic hydroxyl groups is 3. The van der Waals surface area contributed by atoms with Crippen molar-refractivity contribution in [2.75, 3.05) is 0 Å². The van der Waals surface area contributed by atoms with E-state index < -0.39 is 34.3 Å². The van der Waals surface area contributed by atoms with Gasteiger partial charge in [-0.05, 0) is 79.6 Å². The van der Waals surface area contributed by atoms with Crippen LogP contribution in [0.5, 0.6) is 0 Å². The first-order valence-electron chi connectivity index (χ1n) is 13.4.